The minimum absolute atomic E-state index is 0.670. The number of benzene rings is 1. The fourth-order valence-electron chi connectivity index (χ4n) is 2.72. The lowest BCUT2D eigenvalue weighted by Gasteiger charge is -2.10. The van der Waals surface area contributed by atoms with Crippen LogP contribution in [0.3, 0.4) is 0 Å². The standard InChI is InChI=1S/C20H25FN2/c1-3-8-18-15-19(20-22-13-7-14-23-20)12-11-17(18)10-6-4-5-9-16(2)21/h3,7,11-16H,1,4-6,8-10H2,2H3. The van der Waals surface area contributed by atoms with Gasteiger partial charge in [0.05, 0.1) is 6.17 Å². The predicted molar refractivity (Wildman–Crippen MR) is 94.1 cm³/mol. The Morgan fingerprint density at radius 1 is 1.13 bits per heavy atom. The zero-order chi connectivity index (χ0) is 16.5. The molecule has 0 spiro atoms. The highest BCUT2D eigenvalue weighted by Crippen LogP contribution is 2.22. The first-order valence-electron chi connectivity index (χ1n) is 8.35. The van der Waals surface area contributed by atoms with Gasteiger partial charge in [0.15, 0.2) is 5.82 Å². The topological polar surface area (TPSA) is 25.8 Å². The van der Waals surface area contributed by atoms with Crippen molar-refractivity contribution >= 4 is 0 Å². The summed E-state index contributed by atoms with van der Waals surface area (Å²) in [6, 6.07) is 8.24. The fraction of sp³-hybridized carbons (Fsp3) is 0.400. The molecular weight excluding hydrogens is 287 g/mol. The van der Waals surface area contributed by atoms with E-state index in [1.54, 1.807) is 19.3 Å². The number of aromatic nitrogens is 2. The van der Waals surface area contributed by atoms with Gasteiger partial charge in [-0.3, -0.25) is 0 Å². The second kappa shape index (κ2) is 9.19. The van der Waals surface area contributed by atoms with Gasteiger partial charge in [-0.05, 0) is 55.9 Å². The van der Waals surface area contributed by atoms with Crippen LogP contribution in [0.4, 0.5) is 4.39 Å². The molecule has 0 aliphatic rings. The maximum atomic E-state index is 12.8. The van der Waals surface area contributed by atoms with Crippen LogP contribution in [0.5, 0.6) is 0 Å². The molecule has 0 fully saturated rings. The zero-order valence-electron chi connectivity index (χ0n) is 13.8. The first kappa shape index (κ1) is 17.3. The highest BCUT2D eigenvalue weighted by atomic mass is 19.1. The summed E-state index contributed by atoms with van der Waals surface area (Å²) in [6.45, 7) is 5.49. The molecular formula is C20H25FN2. The molecule has 0 saturated heterocycles. The monoisotopic (exact) mass is 312 g/mol. The molecule has 0 saturated carbocycles. The quantitative estimate of drug-likeness (QED) is 0.462. The van der Waals surface area contributed by atoms with Gasteiger partial charge in [-0.2, -0.15) is 0 Å². The van der Waals surface area contributed by atoms with E-state index in [2.05, 4.69) is 34.7 Å². The molecule has 122 valence electrons. The van der Waals surface area contributed by atoms with Crippen LogP contribution in [-0.2, 0) is 12.8 Å². The number of alkyl halides is 1. The molecule has 0 aliphatic heterocycles. The lowest BCUT2D eigenvalue weighted by Crippen LogP contribution is -1.97. The predicted octanol–water partition coefficient (Wildman–Crippen LogP) is 5.33. The van der Waals surface area contributed by atoms with Gasteiger partial charge in [0.25, 0.3) is 0 Å². The van der Waals surface area contributed by atoms with Crippen molar-refractivity contribution in [1.82, 2.24) is 9.97 Å². The van der Waals surface area contributed by atoms with Crippen molar-refractivity contribution in [3.05, 3.63) is 60.4 Å². The Hall–Kier alpha value is -2.03. The molecule has 1 unspecified atom stereocenters. The molecule has 0 radical (unpaired) electrons. The number of nitrogens with zero attached hydrogens (tertiary/aromatic N) is 2. The largest absolute Gasteiger partial charge is 0.248 e. The Labute approximate surface area is 138 Å². The van der Waals surface area contributed by atoms with E-state index >= 15 is 0 Å². The van der Waals surface area contributed by atoms with E-state index in [9.17, 15) is 4.39 Å². The van der Waals surface area contributed by atoms with Crippen LogP contribution in [0.25, 0.3) is 11.4 Å². The molecule has 1 atom stereocenters. The Balaban J connectivity index is 2.03. The number of rotatable bonds is 9. The van der Waals surface area contributed by atoms with Crippen molar-refractivity contribution in [2.45, 2.75) is 51.6 Å². The highest BCUT2D eigenvalue weighted by Gasteiger charge is 2.07. The van der Waals surface area contributed by atoms with Gasteiger partial charge >= 0.3 is 0 Å². The Kier molecular flexibility index (Phi) is 6.92. The van der Waals surface area contributed by atoms with E-state index < -0.39 is 6.17 Å². The van der Waals surface area contributed by atoms with Gasteiger partial charge in [-0.1, -0.05) is 31.1 Å². The molecule has 0 bridgehead atoms. The third-order valence-electron chi connectivity index (χ3n) is 3.94. The van der Waals surface area contributed by atoms with E-state index in [-0.39, 0.29) is 0 Å². The molecule has 0 aliphatic carbocycles. The summed E-state index contributed by atoms with van der Waals surface area (Å²) in [5.41, 5.74) is 3.67. The molecule has 2 aromatic rings. The summed E-state index contributed by atoms with van der Waals surface area (Å²) >= 11 is 0. The average Bonchev–Trinajstić information content (AvgIpc) is 2.56. The van der Waals surface area contributed by atoms with Crippen LogP contribution in [0.1, 0.15) is 43.7 Å². The number of aryl methyl sites for hydroxylation is 1. The molecule has 3 heteroatoms. The molecule has 1 aromatic carbocycles. The molecule has 2 nitrogen and oxygen atoms in total. The van der Waals surface area contributed by atoms with E-state index in [0.717, 1.165) is 43.5 Å². The van der Waals surface area contributed by atoms with E-state index in [0.29, 0.717) is 6.42 Å². The SMILES string of the molecule is C=CCc1cc(-c2ncccn2)ccc1CCCCCC(C)F. The number of hydrogen-bond acceptors (Lipinski definition) is 2. The van der Waals surface area contributed by atoms with Crippen LogP contribution in [0.15, 0.2) is 49.3 Å². The second-order valence-corrected chi connectivity index (χ2v) is 5.93. The minimum atomic E-state index is -0.684. The Morgan fingerprint density at radius 3 is 2.61 bits per heavy atom. The van der Waals surface area contributed by atoms with Gasteiger partial charge in [0.2, 0.25) is 0 Å². The van der Waals surface area contributed by atoms with E-state index in [4.69, 9.17) is 0 Å². The van der Waals surface area contributed by atoms with Gasteiger partial charge in [-0.25, -0.2) is 14.4 Å². The van der Waals surface area contributed by atoms with Crippen molar-refractivity contribution in [2.24, 2.45) is 0 Å². The summed E-state index contributed by atoms with van der Waals surface area (Å²) in [5, 5.41) is 0. The lowest BCUT2D eigenvalue weighted by atomic mass is 9.96. The van der Waals surface area contributed by atoms with Crippen LogP contribution in [0, 0.1) is 0 Å². The normalized spacial score (nSPS) is 12.1. The van der Waals surface area contributed by atoms with Crippen LogP contribution in [0.2, 0.25) is 0 Å². The average molecular weight is 312 g/mol. The highest BCUT2D eigenvalue weighted by molar-refractivity contribution is 5.57. The number of halogens is 1. The van der Waals surface area contributed by atoms with Crippen molar-refractivity contribution in [1.29, 1.82) is 0 Å². The van der Waals surface area contributed by atoms with Crippen LogP contribution >= 0.6 is 0 Å². The molecule has 1 heterocycles. The smallest absolute Gasteiger partial charge is 0.159 e. The first-order chi connectivity index (χ1) is 11.2. The van der Waals surface area contributed by atoms with Gasteiger partial charge in [0, 0.05) is 18.0 Å². The van der Waals surface area contributed by atoms with Crippen LogP contribution in [-0.4, -0.2) is 16.1 Å². The molecule has 23 heavy (non-hydrogen) atoms. The maximum Gasteiger partial charge on any atom is 0.159 e. The van der Waals surface area contributed by atoms with Gasteiger partial charge in [-0.15, -0.1) is 6.58 Å². The third-order valence-corrected chi connectivity index (χ3v) is 3.94. The number of unbranched alkanes of at least 4 members (excludes halogenated alkanes) is 2. The molecule has 2 rings (SSSR count). The van der Waals surface area contributed by atoms with Crippen molar-refractivity contribution < 1.29 is 4.39 Å². The maximum absolute atomic E-state index is 12.8. The summed E-state index contributed by atoms with van der Waals surface area (Å²) in [4.78, 5) is 8.62. The summed E-state index contributed by atoms with van der Waals surface area (Å²) in [5.74, 6) is 0.751. The van der Waals surface area contributed by atoms with Crippen LogP contribution < -0.4 is 0 Å². The summed E-state index contributed by atoms with van der Waals surface area (Å²) < 4.78 is 12.8. The Bertz CT molecular complexity index is 608. The summed E-state index contributed by atoms with van der Waals surface area (Å²) in [7, 11) is 0. The second-order valence-electron chi connectivity index (χ2n) is 5.93. The van der Waals surface area contributed by atoms with Crippen molar-refractivity contribution in [3.63, 3.8) is 0 Å². The number of hydrogen-bond donors (Lipinski definition) is 0. The van der Waals surface area contributed by atoms with Crippen molar-refractivity contribution in [3.8, 4) is 11.4 Å². The minimum Gasteiger partial charge on any atom is -0.248 e. The number of allylic oxidation sites excluding steroid dienone is 1. The molecule has 0 N–H and O–H groups in total. The van der Waals surface area contributed by atoms with Crippen molar-refractivity contribution in [2.75, 3.05) is 0 Å². The molecule has 0 amide bonds. The fourth-order valence-corrected chi connectivity index (χ4v) is 2.72. The van der Waals surface area contributed by atoms with Gasteiger partial charge in [0.1, 0.15) is 0 Å². The van der Waals surface area contributed by atoms with E-state index in [1.165, 1.54) is 11.1 Å². The lowest BCUT2D eigenvalue weighted by molar-refractivity contribution is 0.330. The molecule has 1 aromatic heterocycles. The van der Waals surface area contributed by atoms with E-state index in [1.807, 2.05) is 12.1 Å². The van der Waals surface area contributed by atoms with Gasteiger partial charge < -0.3 is 0 Å². The third kappa shape index (κ3) is 5.59. The Morgan fingerprint density at radius 2 is 1.91 bits per heavy atom. The zero-order valence-corrected chi connectivity index (χ0v) is 13.8. The first-order valence-corrected chi connectivity index (χ1v) is 8.35. The summed E-state index contributed by atoms with van der Waals surface area (Å²) in [6.07, 6.45) is 10.4.